The Labute approximate surface area is 118 Å². The zero-order valence-corrected chi connectivity index (χ0v) is 12.0. The number of anilines is 1. The molecule has 0 saturated heterocycles. The van der Waals surface area contributed by atoms with Gasteiger partial charge in [0.05, 0.1) is 0 Å². The predicted molar refractivity (Wildman–Crippen MR) is 78.3 cm³/mol. The van der Waals surface area contributed by atoms with Gasteiger partial charge in [-0.05, 0) is 37.1 Å². The van der Waals surface area contributed by atoms with E-state index in [-0.39, 0.29) is 5.76 Å². The van der Waals surface area contributed by atoms with Crippen LogP contribution in [0.4, 0.5) is 5.69 Å². The molecule has 2 aromatic rings. The van der Waals surface area contributed by atoms with Crippen LogP contribution in [0.5, 0.6) is 0 Å². The Morgan fingerprint density at radius 2 is 1.95 bits per heavy atom. The van der Waals surface area contributed by atoms with E-state index >= 15 is 0 Å². The first-order valence-corrected chi connectivity index (χ1v) is 6.64. The summed E-state index contributed by atoms with van der Waals surface area (Å²) in [7, 11) is 1.98. The Bertz CT molecular complexity index is 599. The highest BCUT2D eigenvalue weighted by atomic mass is 16.4. The summed E-state index contributed by atoms with van der Waals surface area (Å²) in [5, 5.41) is 8.92. The molecule has 0 spiro atoms. The van der Waals surface area contributed by atoms with Gasteiger partial charge in [0, 0.05) is 24.8 Å². The second-order valence-electron chi connectivity index (χ2n) is 4.87. The number of aromatic carboxylic acids is 1. The van der Waals surface area contributed by atoms with Gasteiger partial charge < -0.3 is 14.4 Å². The molecule has 1 N–H and O–H groups in total. The minimum Gasteiger partial charge on any atom is -0.475 e. The summed E-state index contributed by atoms with van der Waals surface area (Å²) in [6.07, 6.45) is 1.02. The van der Waals surface area contributed by atoms with Crippen LogP contribution in [0.1, 0.15) is 34.4 Å². The molecule has 4 nitrogen and oxygen atoms in total. The number of rotatable bonds is 5. The molecule has 106 valence electrons. The van der Waals surface area contributed by atoms with Crippen molar-refractivity contribution in [2.24, 2.45) is 0 Å². The van der Waals surface area contributed by atoms with Crippen molar-refractivity contribution in [1.29, 1.82) is 0 Å². The molecule has 1 aromatic carbocycles. The SMILES string of the molecule is CCc1ccc(N(C)Cc2cc(C(=O)O)oc2C)cc1. The van der Waals surface area contributed by atoms with Crippen molar-refractivity contribution in [3.05, 3.63) is 53.0 Å². The molecule has 2 rings (SSSR count). The minimum atomic E-state index is -1.03. The minimum absolute atomic E-state index is 0.00719. The summed E-state index contributed by atoms with van der Waals surface area (Å²) in [4.78, 5) is 13.0. The molecule has 0 atom stereocenters. The number of carbonyl (C=O) groups is 1. The van der Waals surface area contributed by atoms with E-state index in [0.717, 1.165) is 17.7 Å². The molecule has 0 aliphatic rings. The number of furan rings is 1. The maximum atomic E-state index is 10.9. The van der Waals surface area contributed by atoms with Crippen molar-refractivity contribution in [2.75, 3.05) is 11.9 Å². The smallest absolute Gasteiger partial charge is 0.371 e. The number of hydrogen-bond acceptors (Lipinski definition) is 3. The van der Waals surface area contributed by atoms with Crippen molar-refractivity contribution in [2.45, 2.75) is 26.8 Å². The van der Waals surface area contributed by atoms with E-state index in [1.54, 1.807) is 13.0 Å². The molecule has 0 aliphatic carbocycles. The van der Waals surface area contributed by atoms with E-state index in [0.29, 0.717) is 12.3 Å². The van der Waals surface area contributed by atoms with Gasteiger partial charge in [0.15, 0.2) is 0 Å². The van der Waals surface area contributed by atoms with Crippen LogP contribution in [0.15, 0.2) is 34.7 Å². The van der Waals surface area contributed by atoms with E-state index in [9.17, 15) is 4.79 Å². The normalized spacial score (nSPS) is 10.6. The summed E-state index contributed by atoms with van der Waals surface area (Å²) in [6.45, 7) is 4.53. The molecular weight excluding hydrogens is 254 g/mol. The van der Waals surface area contributed by atoms with Gasteiger partial charge in [-0.3, -0.25) is 0 Å². The molecule has 0 bridgehead atoms. The third-order valence-corrected chi connectivity index (χ3v) is 3.42. The summed E-state index contributed by atoms with van der Waals surface area (Å²) in [6, 6.07) is 9.96. The number of carboxylic acid groups (broad SMARTS) is 1. The lowest BCUT2D eigenvalue weighted by Gasteiger charge is -2.19. The van der Waals surface area contributed by atoms with Gasteiger partial charge in [-0.15, -0.1) is 0 Å². The van der Waals surface area contributed by atoms with Crippen molar-refractivity contribution < 1.29 is 14.3 Å². The van der Waals surface area contributed by atoms with Crippen LogP contribution in [0, 0.1) is 6.92 Å². The molecule has 0 saturated carbocycles. The maximum absolute atomic E-state index is 10.9. The maximum Gasteiger partial charge on any atom is 0.371 e. The van der Waals surface area contributed by atoms with Crippen molar-refractivity contribution in [1.82, 2.24) is 0 Å². The van der Waals surface area contributed by atoms with Crippen molar-refractivity contribution in [3.63, 3.8) is 0 Å². The highest BCUT2D eigenvalue weighted by molar-refractivity contribution is 5.84. The Hall–Kier alpha value is -2.23. The number of hydrogen-bond donors (Lipinski definition) is 1. The lowest BCUT2D eigenvalue weighted by Crippen LogP contribution is -2.16. The van der Waals surface area contributed by atoms with Crippen LogP contribution in [0.2, 0.25) is 0 Å². The first-order chi connectivity index (χ1) is 9.51. The molecule has 0 amide bonds. The predicted octanol–water partition coefficient (Wildman–Crippen LogP) is 3.49. The van der Waals surface area contributed by atoms with Crippen LogP contribution in [-0.4, -0.2) is 18.1 Å². The molecule has 0 unspecified atom stereocenters. The van der Waals surface area contributed by atoms with Crippen LogP contribution in [-0.2, 0) is 13.0 Å². The van der Waals surface area contributed by atoms with Crippen LogP contribution < -0.4 is 4.90 Å². The lowest BCUT2D eigenvalue weighted by atomic mass is 10.1. The number of carboxylic acids is 1. The monoisotopic (exact) mass is 273 g/mol. The van der Waals surface area contributed by atoms with E-state index < -0.39 is 5.97 Å². The van der Waals surface area contributed by atoms with E-state index in [1.165, 1.54) is 5.56 Å². The summed E-state index contributed by atoms with van der Waals surface area (Å²) >= 11 is 0. The fourth-order valence-electron chi connectivity index (χ4n) is 2.12. The zero-order valence-electron chi connectivity index (χ0n) is 12.0. The summed E-state index contributed by atoms with van der Waals surface area (Å²) in [5.74, 6) is -0.388. The Balaban J connectivity index is 2.14. The average Bonchev–Trinajstić information content (AvgIpc) is 2.80. The topological polar surface area (TPSA) is 53.7 Å². The van der Waals surface area contributed by atoms with E-state index in [1.807, 2.05) is 7.05 Å². The zero-order chi connectivity index (χ0) is 14.7. The number of nitrogens with zero attached hydrogens (tertiary/aromatic N) is 1. The first-order valence-electron chi connectivity index (χ1n) is 6.64. The largest absolute Gasteiger partial charge is 0.475 e. The molecule has 0 radical (unpaired) electrons. The van der Waals surface area contributed by atoms with Gasteiger partial charge in [-0.2, -0.15) is 0 Å². The molecule has 0 fully saturated rings. The second-order valence-corrected chi connectivity index (χ2v) is 4.87. The van der Waals surface area contributed by atoms with Gasteiger partial charge in [0.1, 0.15) is 5.76 Å². The Kier molecular flexibility index (Phi) is 4.13. The molecular formula is C16H19NO3. The van der Waals surface area contributed by atoms with Crippen molar-refractivity contribution in [3.8, 4) is 0 Å². The van der Waals surface area contributed by atoms with Gasteiger partial charge in [0.2, 0.25) is 5.76 Å². The highest BCUT2D eigenvalue weighted by Gasteiger charge is 2.14. The fourth-order valence-corrected chi connectivity index (χ4v) is 2.12. The first kappa shape index (κ1) is 14.2. The number of aryl methyl sites for hydroxylation is 2. The second kappa shape index (κ2) is 5.82. The van der Waals surface area contributed by atoms with Crippen molar-refractivity contribution >= 4 is 11.7 Å². The van der Waals surface area contributed by atoms with E-state index in [2.05, 4.69) is 36.1 Å². The molecule has 0 aliphatic heterocycles. The number of benzene rings is 1. The molecule has 1 heterocycles. The molecule has 4 heteroatoms. The van der Waals surface area contributed by atoms with E-state index in [4.69, 9.17) is 9.52 Å². The van der Waals surface area contributed by atoms with Gasteiger partial charge >= 0.3 is 5.97 Å². The van der Waals surface area contributed by atoms with Crippen LogP contribution >= 0.6 is 0 Å². The quantitative estimate of drug-likeness (QED) is 0.906. The molecule has 20 heavy (non-hydrogen) atoms. The Morgan fingerprint density at radius 3 is 2.45 bits per heavy atom. The van der Waals surface area contributed by atoms with Gasteiger partial charge in [-0.25, -0.2) is 4.79 Å². The summed E-state index contributed by atoms with van der Waals surface area (Å²) in [5.41, 5.74) is 3.29. The Morgan fingerprint density at radius 1 is 1.30 bits per heavy atom. The van der Waals surface area contributed by atoms with Gasteiger partial charge in [-0.1, -0.05) is 19.1 Å². The van der Waals surface area contributed by atoms with Crippen LogP contribution in [0.3, 0.4) is 0 Å². The summed E-state index contributed by atoms with van der Waals surface area (Å²) < 4.78 is 5.22. The molecule has 1 aromatic heterocycles. The van der Waals surface area contributed by atoms with Gasteiger partial charge in [0.25, 0.3) is 0 Å². The standard InChI is InChI=1S/C16H19NO3/c1-4-12-5-7-14(8-6-12)17(3)10-13-9-15(16(18)19)20-11(13)2/h5-9H,4,10H2,1-3H3,(H,18,19). The third-order valence-electron chi connectivity index (χ3n) is 3.42. The lowest BCUT2D eigenvalue weighted by molar-refractivity contribution is 0.0661. The fraction of sp³-hybridized carbons (Fsp3) is 0.312. The third kappa shape index (κ3) is 3.02. The average molecular weight is 273 g/mol. The highest BCUT2D eigenvalue weighted by Crippen LogP contribution is 2.20. The van der Waals surface area contributed by atoms with Crippen LogP contribution in [0.25, 0.3) is 0 Å².